The van der Waals surface area contributed by atoms with Gasteiger partial charge in [-0.2, -0.15) is 0 Å². The number of nitrogens with one attached hydrogen (secondary N) is 1. The first-order valence-corrected chi connectivity index (χ1v) is 9.02. The first-order valence-electron chi connectivity index (χ1n) is 9.02. The second kappa shape index (κ2) is 9.14. The summed E-state index contributed by atoms with van der Waals surface area (Å²) in [6.45, 7) is 6.39. The molecule has 0 radical (unpaired) electrons. The molecule has 1 aromatic rings. The zero-order valence-corrected chi connectivity index (χ0v) is 15.1. The lowest BCUT2D eigenvalue weighted by atomic mass is 10.2. The Morgan fingerprint density at radius 1 is 1.27 bits per heavy atom. The van der Waals surface area contributed by atoms with Gasteiger partial charge in [0.25, 0.3) is 0 Å². The Hall–Kier alpha value is -1.93. The van der Waals surface area contributed by atoms with Gasteiger partial charge in [0.2, 0.25) is 0 Å². The maximum absolute atomic E-state index is 13.2. The molecule has 1 unspecified atom stereocenters. The van der Waals surface area contributed by atoms with Crippen LogP contribution in [0.25, 0.3) is 0 Å². The maximum Gasteiger partial charge on any atom is 0.193 e. The van der Waals surface area contributed by atoms with E-state index in [9.17, 15) is 8.78 Å². The Balaban J connectivity index is 1.41. The van der Waals surface area contributed by atoms with Gasteiger partial charge in [-0.3, -0.25) is 9.89 Å². The molecule has 2 fully saturated rings. The fourth-order valence-electron chi connectivity index (χ4n) is 3.41. The van der Waals surface area contributed by atoms with Crippen LogP contribution in [-0.4, -0.2) is 81.4 Å². The molecule has 1 N–H and O–H groups in total. The summed E-state index contributed by atoms with van der Waals surface area (Å²) in [4.78, 5) is 9.08. The Labute approximate surface area is 152 Å². The quantitative estimate of drug-likeness (QED) is 0.483. The maximum atomic E-state index is 13.2. The number of hydrogen-bond acceptors (Lipinski definition) is 4. The van der Waals surface area contributed by atoms with Crippen molar-refractivity contribution in [1.29, 1.82) is 0 Å². The number of nitrogens with zero attached hydrogens (tertiary/aromatic N) is 3. The zero-order valence-electron chi connectivity index (χ0n) is 15.1. The van der Waals surface area contributed by atoms with Gasteiger partial charge in [0.1, 0.15) is 12.4 Å². The van der Waals surface area contributed by atoms with Crippen LogP contribution in [0.2, 0.25) is 0 Å². The summed E-state index contributed by atoms with van der Waals surface area (Å²) >= 11 is 0. The fraction of sp³-hybridized carbons (Fsp3) is 0.611. The smallest absolute Gasteiger partial charge is 0.193 e. The summed E-state index contributed by atoms with van der Waals surface area (Å²) < 4.78 is 36.9. The molecule has 2 aliphatic heterocycles. The van der Waals surface area contributed by atoms with E-state index in [-0.39, 0.29) is 0 Å². The first kappa shape index (κ1) is 18.8. The van der Waals surface area contributed by atoms with Crippen LogP contribution in [0, 0.1) is 11.6 Å². The van der Waals surface area contributed by atoms with Crippen molar-refractivity contribution in [2.45, 2.75) is 12.5 Å². The summed E-state index contributed by atoms with van der Waals surface area (Å²) in [6.07, 6.45) is 1.12. The average Bonchev–Trinajstić information content (AvgIpc) is 3.15. The van der Waals surface area contributed by atoms with Crippen molar-refractivity contribution in [3.05, 3.63) is 29.8 Å². The molecule has 0 amide bonds. The average molecular weight is 368 g/mol. The molecule has 8 heteroatoms. The lowest BCUT2D eigenvalue weighted by molar-refractivity contribution is 0.0195. The molecule has 2 aliphatic rings. The number of guanidine groups is 1. The third-order valence-electron chi connectivity index (χ3n) is 4.78. The van der Waals surface area contributed by atoms with E-state index in [1.165, 1.54) is 6.07 Å². The first-order chi connectivity index (χ1) is 12.7. The molecule has 6 nitrogen and oxygen atoms in total. The molecule has 0 aliphatic carbocycles. The van der Waals surface area contributed by atoms with Crippen LogP contribution < -0.4 is 10.1 Å². The highest BCUT2D eigenvalue weighted by molar-refractivity contribution is 5.80. The second-order valence-electron chi connectivity index (χ2n) is 6.44. The standard InChI is InChI=1S/C18H26F2N4O2/c1-21-18(22-5-9-26-15-2-3-16(19)17(20)12-15)24-6-4-14(13-24)23-7-10-25-11-8-23/h2-3,12,14H,4-11,13H2,1H3,(H,21,22). The minimum atomic E-state index is -0.905. The number of likely N-dealkylation sites (tertiary alicyclic amines) is 1. The zero-order chi connectivity index (χ0) is 18.4. The van der Waals surface area contributed by atoms with Gasteiger partial charge in [-0.05, 0) is 18.6 Å². The predicted octanol–water partition coefficient (Wildman–Crippen LogP) is 1.33. The van der Waals surface area contributed by atoms with Crippen molar-refractivity contribution in [3.63, 3.8) is 0 Å². The highest BCUT2D eigenvalue weighted by Crippen LogP contribution is 2.17. The van der Waals surface area contributed by atoms with Gasteiger partial charge in [0.15, 0.2) is 17.6 Å². The Morgan fingerprint density at radius 3 is 2.81 bits per heavy atom. The molecule has 0 spiro atoms. The summed E-state index contributed by atoms with van der Waals surface area (Å²) in [5.74, 6) is -0.624. The van der Waals surface area contributed by atoms with Gasteiger partial charge in [-0.25, -0.2) is 8.78 Å². The monoisotopic (exact) mass is 368 g/mol. The summed E-state index contributed by atoms with van der Waals surface area (Å²) in [6, 6.07) is 4.07. The van der Waals surface area contributed by atoms with Crippen LogP contribution in [0.1, 0.15) is 6.42 Å². The van der Waals surface area contributed by atoms with E-state index in [1.54, 1.807) is 7.05 Å². The Bertz CT molecular complexity index is 623. The normalized spacial score (nSPS) is 21.9. The van der Waals surface area contributed by atoms with Crippen molar-refractivity contribution < 1.29 is 18.3 Å². The van der Waals surface area contributed by atoms with Crippen LogP contribution in [-0.2, 0) is 4.74 Å². The molecule has 1 aromatic carbocycles. The lowest BCUT2D eigenvalue weighted by Crippen LogP contribution is -2.47. The van der Waals surface area contributed by atoms with Crippen molar-refractivity contribution in [3.8, 4) is 5.75 Å². The molecule has 0 aromatic heterocycles. The van der Waals surface area contributed by atoms with E-state index in [1.807, 2.05) is 0 Å². The minimum Gasteiger partial charge on any atom is -0.492 e. The van der Waals surface area contributed by atoms with Gasteiger partial charge in [0.05, 0.1) is 19.8 Å². The number of aliphatic imine (C=N–C) groups is 1. The van der Waals surface area contributed by atoms with Crippen molar-refractivity contribution in [2.75, 3.05) is 59.6 Å². The molecular weight excluding hydrogens is 342 g/mol. The minimum absolute atomic E-state index is 0.314. The molecule has 3 rings (SSSR count). The topological polar surface area (TPSA) is 49.3 Å². The summed E-state index contributed by atoms with van der Waals surface area (Å²) in [5, 5.41) is 3.27. The van der Waals surface area contributed by atoms with Crippen LogP contribution in [0.4, 0.5) is 8.78 Å². The number of rotatable bonds is 5. The lowest BCUT2D eigenvalue weighted by Gasteiger charge is -2.32. The Kier molecular flexibility index (Phi) is 6.62. The van der Waals surface area contributed by atoms with E-state index in [2.05, 4.69) is 20.1 Å². The molecule has 1 atom stereocenters. The van der Waals surface area contributed by atoms with Gasteiger partial charge >= 0.3 is 0 Å². The number of benzene rings is 1. The molecule has 144 valence electrons. The third-order valence-corrected chi connectivity index (χ3v) is 4.78. The number of halogens is 2. The third kappa shape index (κ3) is 4.82. The van der Waals surface area contributed by atoms with Gasteiger partial charge in [-0.15, -0.1) is 0 Å². The van der Waals surface area contributed by atoms with Crippen LogP contribution >= 0.6 is 0 Å². The van der Waals surface area contributed by atoms with Crippen molar-refractivity contribution in [2.24, 2.45) is 4.99 Å². The molecule has 0 bridgehead atoms. The molecule has 2 saturated heterocycles. The van der Waals surface area contributed by atoms with Crippen LogP contribution in [0.5, 0.6) is 5.75 Å². The van der Waals surface area contributed by atoms with E-state index in [0.717, 1.165) is 63.9 Å². The van der Waals surface area contributed by atoms with Gasteiger partial charge in [-0.1, -0.05) is 0 Å². The van der Waals surface area contributed by atoms with E-state index < -0.39 is 11.6 Å². The van der Waals surface area contributed by atoms with E-state index in [4.69, 9.17) is 9.47 Å². The highest BCUT2D eigenvalue weighted by atomic mass is 19.2. The predicted molar refractivity (Wildman–Crippen MR) is 95.6 cm³/mol. The summed E-state index contributed by atoms with van der Waals surface area (Å²) in [5.41, 5.74) is 0. The molecule has 2 heterocycles. The van der Waals surface area contributed by atoms with Gasteiger partial charge in [0, 0.05) is 45.3 Å². The van der Waals surface area contributed by atoms with Crippen LogP contribution in [0.15, 0.2) is 23.2 Å². The largest absolute Gasteiger partial charge is 0.492 e. The number of morpholine rings is 1. The highest BCUT2D eigenvalue weighted by Gasteiger charge is 2.30. The fourth-order valence-corrected chi connectivity index (χ4v) is 3.41. The van der Waals surface area contributed by atoms with Crippen molar-refractivity contribution in [1.82, 2.24) is 15.1 Å². The Morgan fingerprint density at radius 2 is 2.08 bits per heavy atom. The number of ether oxygens (including phenoxy) is 2. The van der Waals surface area contributed by atoms with Gasteiger partial charge < -0.3 is 19.7 Å². The van der Waals surface area contributed by atoms with Crippen LogP contribution in [0.3, 0.4) is 0 Å². The molecule has 26 heavy (non-hydrogen) atoms. The SMILES string of the molecule is CN=C(NCCOc1ccc(F)c(F)c1)N1CCC(N2CCOCC2)C1. The number of hydrogen-bond donors (Lipinski definition) is 1. The van der Waals surface area contributed by atoms with E-state index >= 15 is 0 Å². The molecular formula is C18H26F2N4O2. The van der Waals surface area contributed by atoms with E-state index in [0.29, 0.717) is 24.9 Å². The molecule has 0 saturated carbocycles. The van der Waals surface area contributed by atoms with Crippen molar-refractivity contribution >= 4 is 5.96 Å². The summed E-state index contributed by atoms with van der Waals surface area (Å²) in [7, 11) is 1.76. The second-order valence-corrected chi connectivity index (χ2v) is 6.44.